The van der Waals surface area contributed by atoms with Gasteiger partial charge in [-0.2, -0.15) is 0 Å². The van der Waals surface area contributed by atoms with E-state index in [0.717, 1.165) is 11.8 Å². The summed E-state index contributed by atoms with van der Waals surface area (Å²) < 4.78 is 0. The van der Waals surface area contributed by atoms with Crippen LogP contribution in [0.25, 0.3) is 9.75 Å². The highest BCUT2D eigenvalue weighted by atomic mass is 32.1. The first-order valence-electron chi connectivity index (χ1n) is 12.6. The minimum absolute atomic E-state index is 1.00. The van der Waals surface area contributed by atoms with Gasteiger partial charge in [-0.05, 0) is 59.7 Å². The Bertz CT molecular complexity index is 545. The summed E-state index contributed by atoms with van der Waals surface area (Å²) in [5.41, 5.74) is 2.79. The fraction of sp³-hybridized carbons (Fsp3) is 0.714. The smallest absolute Gasteiger partial charge is 0.0474 e. The van der Waals surface area contributed by atoms with Crippen LogP contribution in [0.15, 0.2) is 22.9 Å². The van der Waals surface area contributed by atoms with Crippen LogP contribution in [-0.2, 0) is 0 Å². The van der Waals surface area contributed by atoms with E-state index < -0.39 is 0 Å². The number of unbranched alkanes of at least 4 members (excludes halogenated alkanes) is 2. The van der Waals surface area contributed by atoms with Crippen LogP contribution in [0.5, 0.6) is 0 Å². The molecule has 2 aromatic heterocycles. The van der Waals surface area contributed by atoms with Crippen molar-refractivity contribution in [3.63, 3.8) is 0 Å². The van der Waals surface area contributed by atoms with Gasteiger partial charge in [0.2, 0.25) is 0 Å². The van der Waals surface area contributed by atoms with Crippen LogP contribution in [0.4, 0.5) is 0 Å². The van der Waals surface area contributed by atoms with Gasteiger partial charge in [-0.3, -0.25) is 0 Å². The molecule has 0 N–H and O–H groups in total. The second-order valence-corrected chi connectivity index (χ2v) is 10.3. The second-order valence-electron chi connectivity index (χ2n) is 8.51. The highest BCUT2D eigenvalue weighted by Crippen LogP contribution is 2.35. The van der Waals surface area contributed by atoms with Crippen molar-refractivity contribution >= 4 is 22.7 Å². The minimum atomic E-state index is 1.00. The second kappa shape index (κ2) is 19.1. The third kappa shape index (κ3) is 12.3. The van der Waals surface area contributed by atoms with Gasteiger partial charge in [-0.25, -0.2) is 0 Å². The van der Waals surface area contributed by atoms with Gasteiger partial charge in [0, 0.05) is 9.75 Å². The molecular formula is C28H50S2. The Hall–Kier alpha value is -0.600. The highest BCUT2D eigenvalue weighted by Gasteiger charge is 2.06. The first-order valence-corrected chi connectivity index (χ1v) is 14.3. The molecule has 0 aliphatic carbocycles. The molecule has 0 aliphatic rings. The normalized spacial score (nSPS) is 10.6. The van der Waals surface area contributed by atoms with E-state index in [-0.39, 0.29) is 0 Å². The van der Waals surface area contributed by atoms with Crippen LogP contribution < -0.4 is 0 Å². The molecule has 2 aromatic rings. The quantitative estimate of drug-likeness (QED) is 0.319. The van der Waals surface area contributed by atoms with Gasteiger partial charge >= 0.3 is 0 Å². The van der Waals surface area contributed by atoms with E-state index in [1.807, 2.05) is 22.7 Å². The van der Waals surface area contributed by atoms with Gasteiger partial charge < -0.3 is 0 Å². The monoisotopic (exact) mass is 450 g/mol. The maximum absolute atomic E-state index is 2.30. The fourth-order valence-corrected chi connectivity index (χ4v) is 5.74. The summed E-state index contributed by atoms with van der Waals surface area (Å²) >= 11 is 3.66. The zero-order valence-corrected chi connectivity index (χ0v) is 23.0. The van der Waals surface area contributed by atoms with Crippen molar-refractivity contribution < 1.29 is 0 Å². The molecule has 0 unspecified atom stereocenters. The minimum Gasteiger partial charge on any atom is -0.143 e. The third-order valence-corrected chi connectivity index (χ3v) is 8.37. The summed E-state index contributed by atoms with van der Waals surface area (Å²) in [6.45, 7) is 18.1. The summed E-state index contributed by atoms with van der Waals surface area (Å²) in [6, 6.07) is 4.36. The molecule has 0 fully saturated rings. The van der Waals surface area contributed by atoms with E-state index in [1.165, 1.54) is 85.1 Å². The maximum atomic E-state index is 2.30. The van der Waals surface area contributed by atoms with E-state index in [0.29, 0.717) is 0 Å². The number of rotatable bonds is 11. The van der Waals surface area contributed by atoms with Gasteiger partial charge in [0.05, 0.1) is 0 Å². The fourth-order valence-electron chi connectivity index (χ4n) is 3.59. The van der Waals surface area contributed by atoms with Gasteiger partial charge in [0.15, 0.2) is 0 Å². The summed E-state index contributed by atoms with van der Waals surface area (Å²) in [5.74, 6) is 2.01. The van der Waals surface area contributed by atoms with E-state index in [4.69, 9.17) is 0 Å². The lowest BCUT2D eigenvalue weighted by Gasteiger charge is -2.09. The summed E-state index contributed by atoms with van der Waals surface area (Å²) in [6.07, 6.45) is 13.9. The highest BCUT2D eigenvalue weighted by molar-refractivity contribution is 7.20. The molecule has 0 radical (unpaired) electrons. The molecular weight excluding hydrogens is 400 g/mol. The molecule has 0 aliphatic heterocycles. The van der Waals surface area contributed by atoms with E-state index >= 15 is 0 Å². The zero-order valence-electron chi connectivity index (χ0n) is 21.4. The van der Waals surface area contributed by atoms with Crippen LogP contribution in [0.2, 0.25) is 0 Å². The van der Waals surface area contributed by atoms with Crippen molar-refractivity contribution in [3.05, 3.63) is 34.0 Å². The van der Waals surface area contributed by atoms with Crippen molar-refractivity contribution in [3.8, 4) is 9.75 Å². The Balaban J connectivity index is 0.000000430. The van der Waals surface area contributed by atoms with Crippen molar-refractivity contribution in [2.24, 2.45) is 11.8 Å². The topological polar surface area (TPSA) is 0 Å². The largest absolute Gasteiger partial charge is 0.143 e. The predicted molar refractivity (Wildman–Crippen MR) is 144 cm³/mol. The Morgan fingerprint density at radius 2 is 0.933 bits per heavy atom. The lowest BCUT2D eigenvalue weighted by Crippen LogP contribution is -1.95. The predicted octanol–water partition coefficient (Wildman–Crippen LogP) is 11.3. The summed E-state index contributed by atoms with van der Waals surface area (Å²) in [5, 5.41) is 4.31. The van der Waals surface area contributed by atoms with Crippen molar-refractivity contribution in [1.82, 2.24) is 0 Å². The van der Waals surface area contributed by atoms with E-state index in [2.05, 4.69) is 78.3 Å². The lowest BCUT2D eigenvalue weighted by atomic mass is 9.97. The molecule has 0 bridgehead atoms. The number of hydrogen-bond acceptors (Lipinski definition) is 2. The lowest BCUT2D eigenvalue weighted by molar-refractivity contribution is 0.438. The maximum Gasteiger partial charge on any atom is 0.0474 e. The van der Waals surface area contributed by atoms with Gasteiger partial charge in [0.25, 0.3) is 0 Å². The molecule has 0 nitrogen and oxygen atoms in total. The van der Waals surface area contributed by atoms with Crippen molar-refractivity contribution in [1.29, 1.82) is 0 Å². The first kappa shape index (κ1) is 29.4. The molecule has 0 aromatic carbocycles. The van der Waals surface area contributed by atoms with E-state index in [9.17, 15) is 0 Å². The molecule has 0 atom stereocenters. The molecule has 0 saturated carbocycles. The molecule has 174 valence electrons. The molecule has 0 saturated heterocycles. The molecule has 2 heteroatoms. The molecule has 0 amide bonds. The van der Waals surface area contributed by atoms with Crippen LogP contribution in [0, 0.1) is 25.7 Å². The van der Waals surface area contributed by atoms with Crippen LogP contribution in [-0.4, -0.2) is 0 Å². The van der Waals surface area contributed by atoms with Crippen molar-refractivity contribution in [2.75, 3.05) is 0 Å². The standard InChI is InChI=1S/C10H10S2.2C9H20/c1-7-3-5-11-9(7)10-8(2)4-6-12-10;2*1-4-7-8-9(5-2)6-3/h3-6H,1-2H3;2*9H,4-8H2,1-3H3. The third-order valence-electron chi connectivity index (χ3n) is 6.17. The number of aryl methyl sites for hydroxylation is 2. The SMILES string of the molecule is CCCCC(CC)CC.CCCCC(CC)CC.Cc1ccsc1-c1sccc1C. The molecule has 30 heavy (non-hydrogen) atoms. The average molecular weight is 451 g/mol. The molecule has 2 rings (SSSR count). The number of hydrogen-bond donors (Lipinski definition) is 0. The van der Waals surface area contributed by atoms with Gasteiger partial charge in [-0.15, -0.1) is 22.7 Å². The van der Waals surface area contributed by atoms with Crippen LogP contribution in [0.3, 0.4) is 0 Å². The Morgan fingerprint density at radius 3 is 1.13 bits per heavy atom. The van der Waals surface area contributed by atoms with E-state index in [1.54, 1.807) is 0 Å². The first-order chi connectivity index (χ1) is 14.5. The van der Waals surface area contributed by atoms with Gasteiger partial charge in [0.1, 0.15) is 0 Å². The zero-order chi connectivity index (χ0) is 22.8. The molecule has 0 spiro atoms. The van der Waals surface area contributed by atoms with Crippen LogP contribution in [0.1, 0.15) is 117 Å². The summed E-state index contributed by atoms with van der Waals surface area (Å²) in [4.78, 5) is 2.87. The Morgan fingerprint density at radius 1 is 0.600 bits per heavy atom. The Kier molecular flexibility index (Phi) is 18.7. The summed E-state index contributed by atoms with van der Waals surface area (Å²) in [7, 11) is 0. The average Bonchev–Trinajstić information content (AvgIpc) is 3.38. The van der Waals surface area contributed by atoms with Gasteiger partial charge in [-0.1, -0.05) is 106 Å². The van der Waals surface area contributed by atoms with Crippen molar-refractivity contribution in [2.45, 2.75) is 120 Å². The van der Waals surface area contributed by atoms with Crippen LogP contribution >= 0.6 is 22.7 Å². The number of thiophene rings is 2. The molecule has 2 heterocycles. The Labute approximate surface area is 197 Å².